The van der Waals surface area contributed by atoms with E-state index in [0.29, 0.717) is 6.04 Å². The molecule has 1 atom stereocenters. The highest BCUT2D eigenvalue weighted by Gasteiger charge is 2.22. The van der Waals surface area contributed by atoms with Crippen LogP contribution in [0.4, 0.5) is 0 Å². The Morgan fingerprint density at radius 3 is 2.86 bits per heavy atom. The van der Waals surface area contributed by atoms with Crippen LogP contribution in [0, 0.1) is 0 Å². The van der Waals surface area contributed by atoms with E-state index in [-0.39, 0.29) is 18.6 Å². The number of hydrogen-bond donors (Lipinski definition) is 1. The third-order valence-corrected chi connectivity index (χ3v) is 2.52. The van der Waals surface area contributed by atoms with Crippen molar-refractivity contribution in [2.45, 2.75) is 32.4 Å². The van der Waals surface area contributed by atoms with Gasteiger partial charge in [0.25, 0.3) is 0 Å². The Morgan fingerprint density at radius 2 is 2.36 bits per heavy atom. The lowest BCUT2D eigenvalue weighted by Crippen LogP contribution is -2.40. The van der Waals surface area contributed by atoms with Gasteiger partial charge in [-0.3, -0.25) is 4.79 Å². The third kappa shape index (κ3) is 3.27. The van der Waals surface area contributed by atoms with Gasteiger partial charge in [0.05, 0.1) is 6.10 Å². The first kappa shape index (κ1) is 11.5. The van der Waals surface area contributed by atoms with Gasteiger partial charge >= 0.3 is 0 Å². The van der Waals surface area contributed by atoms with Gasteiger partial charge in [0.2, 0.25) is 5.91 Å². The molecule has 4 heteroatoms. The molecular formula is C10H20N2O2. The van der Waals surface area contributed by atoms with Crippen LogP contribution in [0.15, 0.2) is 0 Å². The zero-order valence-corrected chi connectivity index (χ0v) is 9.25. The predicted octanol–water partition coefficient (Wildman–Crippen LogP) is 0.232. The second-order valence-electron chi connectivity index (χ2n) is 4.01. The van der Waals surface area contributed by atoms with Gasteiger partial charge < -0.3 is 15.0 Å². The molecule has 0 aliphatic carbocycles. The van der Waals surface area contributed by atoms with E-state index in [4.69, 9.17) is 4.74 Å². The van der Waals surface area contributed by atoms with Crippen LogP contribution in [0.3, 0.4) is 0 Å². The minimum absolute atomic E-state index is 0.0763. The predicted molar refractivity (Wildman–Crippen MR) is 55.1 cm³/mol. The van der Waals surface area contributed by atoms with Crippen molar-refractivity contribution >= 4 is 5.91 Å². The van der Waals surface area contributed by atoms with Crippen molar-refractivity contribution in [1.82, 2.24) is 10.2 Å². The minimum Gasteiger partial charge on any atom is -0.369 e. The van der Waals surface area contributed by atoms with E-state index < -0.39 is 0 Å². The zero-order valence-electron chi connectivity index (χ0n) is 9.25. The summed E-state index contributed by atoms with van der Waals surface area (Å²) in [5.74, 6) is 0.0763. The first-order chi connectivity index (χ1) is 6.61. The smallest absolute Gasteiger partial charge is 0.248 e. The van der Waals surface area contributed by atoms with Crippen LogP contribution in [-0.4, -0.2) is 49.7 Å². The monoisotopic (exact) mass is 200 g/mol. The maximum atomic E-state index is 11.6. The molecule has 4 nitrogen and oxygen atoms in total. The van der Waals surface area contributed by atoms with Gasteiger partial charge in [0.15, 0.2) is 0 Å². The molecule has 1 N–H and O–H groups in total. The first-order valence-electron chi connectivity index (χ1n) is 5.19. The molecule has 0 aromatic rings. The summed E-state index contributed by atoms with van der Waals surface area (Å²) in [5.41, 5.74) is 0. The van der Waals surface area contributed by atoms with E-state index in [1.165, 1.54) is 0 Å². The summed E-state index contributed by atoms with van der Waals surface area (Å²) in [6, 6.07) is 0.346. The number of nitrogens with one attached hydrogen (secondary N) is 1. The fourth-order valence-electron chi connectivity index (χ4n) is 1.51. The molecule has 1 unspecified atom stereocenters. The quantitative estimate of drug-likeness (QED) is 0.706. The van der Waals surface area contributed by atoms with Crippen molar-refractivity contribution in [2.75, 3.05) is 26.7 Å². The SMILES string of the molecule is CC(C)OCC(=O)N(C)C1CCNC1. The van der Waals surface area contributed by atoms with Crippen LogP contribution in [0.25, 0.3) is 0 Å². The van der Waals surface area contributed by atoms with Gasteiger partial charge in [0, 0.05) is 19.6 Å². The number of ether oxygens (including phenoxy) is 1. The molecule has 0 aromatic heterocycles. The van der Waals surface area contributed by atoms with Crippen LogP contribution in [0.5, 0.6) is 0 Å². The van der Waals surface area contributed by atoms with Crippen molar-refractivity contribution in [2.24, 2.45) is 0 Å². The van der Waals surface area contributed by atoms with Crippen LogP contribution < -0.4 is 5.32 Å². The fourth-order valence-corrected chi connectivity index (χ4v) is 1.51. The summed E-state index contributed by atoms with van der Waals surface area (Å²) in [5, 5.41) is 3.24. The van der Waals surface area contributed by atoms with Crippen molar-refractivity contribution < 1.29 is 9.53 Å². The maximum Gasteiger partial charge on any atom is 0.248 e. The molecule has 1 heterocycles. The molecule has 0 saturated carbocycles. The Bertz CT molecular complexity index is 189. The average molecular weight is 200 g/mol. The van der Waals surface area contributed by atoms with E-state index in [2.05, 4.69) is 5.32 Å². The van der Waals surface area contributed by atoms with Crippen LogP contribution in [0.2, 0.25) is 0 Å². The molecule has 0 radical (unpaired) electrons. The van der Waals surface area contributed by atoms with E-state index >= 15 is 0 Å². The standard InChI is InChI=1S/C10H20N2O2/c1-8(2)14-7-10(13)12(3)9-4-5-11-6-9/h8-9,11H,4-7H2,1-3H3. The highest BCUT2D eigenvalue weighted by Crippen LogP contribution is 2.06. The number of likely N-dealkylation sites (N-methyl/N-ethyl adjacent to an activating group) is 1. The van der Waals surface area contributed by atoms with E-state index in [9.17, 15) is 4.79 Å². The molecule has 0 spiro atoms. The van der Waals surface area contributed by atoms with Crippen LogP contribution >= 0.6 is 0 Å². The Kier molecular flexibility index (Phi) is 4.35. The number of hydrogen-bond acceptors (Lipinski definition) is 3. The molecule has 1 saturated heterocycles. The molecule has 14 heavy (non-hydrogen) atoms. The Hall–Kier alpha value is -0.610. The molecule has 0 bridgehead atoms. The Morgan fingerprint density at radius 1 is 1.64 bits per heavy atom. The Labute approximate surface area is 85.6 Å². The number of carbonyl (C=O) groups excluding carboxylic acids is 1. The minimum atomic E-state index is 0.0763. The van der Waals surface area contributed by atoms with E-state index in [1.54, 1.807) is 4.90 Å². The first-order valence-corrected chi connectivity index (χ1v) is 5.19. The summed E-state index contributed by atoms with van der Waals surface area (Å²) < 4.78 is 5.27. The molecule has 1 aliphatic heterocycles. The number of amides is 1. The lowest BCUT2D eigenvalue weighted by molar-refractivity contribution is -0.138. The van der Waals surface area contributed by atoms with Crippen molar-refractivity contribution in [3.63, 3.8) is 0 Å². The number of nitrogens with zero attached hydrogens (tertiary/aromatic N) is 1. The highest BCUT2D eigenvalue weighted by molar-refractivity contribution is 5.77. The number of carbonyl (C=O) groups is 1. The van der Waals surface area contributed by atoms with Gasteiger partial charge in [-0.25, -0.2) is 0 Å². The molecule has 0 aromatic carbocycles. The van der Waals surface area contributed by atoms with Crippen LogP contribution in [-0.2, 0) is 9.53 Å². The van der Waals surface area contributed by atoms with E-state index in [0.717, 1.165) is 19.5 Å². The van der Waals surface area contributed by atoms with Gasteiger partial charge in [-0.05, 0) is 26.8 Å². The molecule has 1 rings (SSSR count). The highest BCUT2D eigenvalue weighted by atomic mass is 16.5. The summed E-state index contributed by atoms with van der Waals surface area (Å²) in [6.07, 6.45) is 1.17. The van der Waals surface area contributed by atoms with Gasteiger partial charge in [-0.1, -0.05) is 0 Å². The Balaban J connectivity index is 2.28. The maximum absolute atomic E-state index is 11.6. The topological polar surface area (TPSA) is 41.6 Å². The molecule has 1 fully saturated rings. The fraction of sp³-hybridized carbons (Fsp3) is 0.900. The van der Waals surface area contributed by atoms with Gasteiger partial charge in [0.1, 0.15) is 6.61 Å². The molecule has 82 valence electrons. The normalized spacial score (nSPS) is 21.6. The van der Waals surface area contributed by atoms with Crippen molar-refractivity contribution in [3.05, 3.63) is 0 Å². The molecular weight excluding hydrogens is 180 g/mol. The summed E-state index contributed by atoms with van der Waals surface area (Å²) in [7, 11) is 1.85. The largest absolute Gasteiger partial charge is 0.369 e. The lowest BCUT2D eigenvalue weighted by Gasteiger charge is -2.24. The summed E-state index contributed by atoms with van der Waals surface area (Å²) in [6.45, 7) is 5.98. The number of rotatable bonds is 4. The average Bonchev–Trinajstić information content (AvgIpc) is 2.65. The summed E-state index contributed by atoms with van der Waals surface area (Å²) >= 11 is 0. The van der Waals surface area contributed by atoms with Gasteiger partial charge in [-0.2, -0.15) is 0 Å². The zero-order chi connectivity index (χ0) is 10.6. The summed E-state index contributed by atoms with van der Waals surface area (Å²) in [4.78, 5) is 13.4. The molecule has 1 amide bonds. The second-order valence-corrected chi connectivity index (χ2v) is 4.01. The van der Waals surface area contributed by atoms with Gasteiger partial charge in [-0.15, -0.1) is 0 Å². The lowest BCUT2D eigenvalue weighted by atomic mass is 10.2. The van der Waals surface area contributed by atoms with Crippen molar-refractivity contribution in [3.8, 4) is 0 Å². The van der Waals surface area contributed by atoms with Crippen LogP contribution in [0.1, 0.15) is 20.3 Å². The van der Waals surface area contributed by atoms with Crippen molar-refractivity contribution in [1.29, 1.82) is 0 Å². The van der Waals surface area contributed by atoms with E-state index in [1.807, 2.05) is 20.9 Å². The third-order valence-electron chi connectivity index (χ3n) is 2.52. The second kappa shape index (κ2) is 5.32. The molecule has 1 aliphatic rings.